The molecule has 7 heteroatoms. The van der Waals surface area contributed by atoms with Gasteiger partial charge in [-0.1, -0.05) is 6.07 Å². The van der Waals surface area contributed by atoms with Crippen LogP contribution in [0.2, 0.25) is 0 Å². The highest BCUT2D eigenvalue weighted by Crippen LogP contribution is 2.28. The number of carboxylic acid groups (broad SMARTS) is 1. The number of hydrogen-bond acceptors (Lipinski definition) is 5. The van der Waals surface area contributed by atoms with E-state index in [0.717, 1.165) is 5.56 Å². The smallest absolute Gasteiger partial charge is 0.311 e. The Morgan fingerprint density at radius 2 is 2.26 bits per heavy atom. The topological polar surface area (TPSA) is 102 Å². The van der Waals surface area contributed by atoms with E-state index in [1.165, 1.54) is 6.07 Å². The first-order chi connectivity index (χ1) is 8.99. The van der Waals surface area contributed by atoms with Gasteiger partial charge in [-0.25, -0.2) is 0 Å². The van der Waals surface area contributed by atoms with Gasteiger partial charge in [0.2, 0.25) is 0 Å². The van der Waals surface area contributed by atoms with Crippen molar-refractivity contribution in [3.63, 3.8) is 0 Å². The molecule has 1 aliphatic rings. The van der Waals surface area contributed by atoms with Crippen molar-refractivity contribution in [2.75, 3.05) is 18.5 Å². The molecule has 0 aliphatic carbocycles. The van der Waals surface area contributed by atoms with E-state index in [0.29, 0.717) is 5.69 Å². The maximum absolute atomic E-state index is 11.0. The number of ether oxygens (including phenoxy) is 1. The fourth-order valence-electron chi connectivity index (χ4n) is 2.06. The summed E-state index contributed by atoms with van der Waals surface area (Å²) in [5.74, 6) is -1.66. The summed E-state index contributed by atoms with van der Waals surface area (Å²) in [6.45, 7) is 2.16. The Hall–Kier alpha value is -2.15. The summed E-state index contributed by atoms with van der Waals surface area (Å²) in [6.07, 6.45) is 0. The van der Waals surface area contributed by atoms with Gasteiger partial charge in [0, 0.05) is 6.07 Å². The quantitative estimate of drug-likeness (QED) is 0.631. The fraction of sp³-hybridized carbons (Fsp3) is 0.417. The summed E-state index contributed by atoms with van der Waals surface area (Å²) in [4.78, 5) is 21.5. The predicted molar refractivity (Wildman–Crippen MR) is 67.2 cm³/mol. The lowest BCUT2D eigenvalue weighted by Crippen LogP contribution is -2.33. The second-order valence-electron chi connectivity index (χ2n) is 4.51. The summed E-state index contributed by atoms with van der Waals surface area (Å²) in [5.41, 5.74) is 1.12. The number of nitro groups is 1. The average molecular weight is 266 g/mol. The summed E-state index contributed by atoms with van der Waals surface area (Å²) >= 11 is 0. The summed E-state index contributed by atoms with van der Waals surface area (Å²) < 4.78 is 5.12. The largest absolute Gasteiger partial charge is 0.481 e. The number of aryl methyl sites for hydroxylation is 1. The van der Waals surface area contributed by atoms with Gasteiger partial charge in [0.05, 0.1) is 24.2 Å². The van der Waals surface area contributed by atoms with Gasteiger partial charge in [0.15, 0.2) is 0 Å². The van der Waals surface area contributed by atoms with Crippen LogP contribution < -0.4 is 5.32 Å². The number of carbonyl (C=O) groups is 1. The third-order valence-electron chi connectivity index (χ3n) is 3.09. The Labute approximate surface area is 109 Å². The maximum Gasteiger partial charge on any atom is 0.311 e. The monoisotopic (exact) mass is 266 g/mol. The van der Waals surface area contributed by atoms with Crippen molar-refractivity contribution in [3.05, 3.63) is 33.9 Å². The number of anilines is 1. The molecule has 1 aromatic rings. The standard InChI is InChI=1S/C12H14N2O5/c1-7-2-3-11(14(17)18)9(4-7)13-10-6-19-5-8(10)12(15)16/h2-4,8,10,13H,5-6H2,1H3,(H,15,16). The lowest BCUT2D eigenvalue weighted by atomic mass is 10.0. The molecule has 0 radical (unpaired) electrons. The van der Waals surface area contributed by atoms with Crippen LogP contribution in [0.15, 0.2) is 18.2 Å². The minimum Gasteiger partial charge on any atom is -0.481 e. The Bertz CT molecular complexity index is 517. The van der Waals surface area contributed by atoms with Crippen LogP contribution in [0.4, 0.5) is 11.4 Å². The van der Waals surface area contributed by atoms with Crippen LogP contribution in [0, 0.1) is 23.0 Å². The first-order valence-corrected chi connectivity index (χ1v) is 5.81. The highest BCUT2D eigenvalue weighted by atomic mass is 16.6. The second-order valence-corrected chi connectivity index (χ2v) is 4.51. The zero-order chi connectivity index (χ0) is 14.0. The van der Waals surface area contributed by atoms with Crippen LogP contribution in [0.1, 0.15) is 5.56 Å². The molecular weight excluding hydrogens is 252 g/mol. The number of nitro benzene ring substituents is 1. The Balaban J connectivity index is 2.25. The number of benzene rings is 1. The molecule has 7 nitrogen and oxygen atoms in total. The second kappa shape index (κ2) is 5.23. The number of rotatable bonds is 4. The van der Waals surface area contributed by atoms with E-state index < -0.39 is 22.9 Å². The normalized spacial score (nSPS) is 22.2. The van der Waals surface area contributed by atoms with Crippen LogP contribution >= 0.6 is 0 Å². The van der Waals surface area contributed by atoms with Crippen LogP contribution in [-0.4, -0.2) is 35.3 Å². The Morgan fingerprint density at radius 1 is 1.53 bits per heavy atom. The van der Waals surface area contributed by atoms with Gasteiger partial charge >= 0.3 is 5.97 Å². The molecule has 2 unspecified atom stereocenters. The molecule has 0 amide bonds. The maximum atomic E-state index is 11.0. The van der Waals surface area contributed by atoms with E-state index in [4.69, 9.17) is 9.84 Å². The summed E-state index contributed by atoms with van der Waals surface area (Å²) in [5, 5.41) is 22.9. The number of nitrogens with one attached hydrogen (secondary N) is 1. The van der Waals surface area contributed by atoms with E-state index >= 15 is 0 Å². The minimum absolute atomic E-state index is 0.0679. The van der Waals surface area contributed by atoms with Gasteiger partial charge in [-0.3, -0.25) is 14.9 Å². The molecule has 1 saturated heterocycles. The molecule has 102 valence electrons. The van der Waals surface area contributed by atoms with Gasteiger partial charge in [0.25, 0.3) is 5.69 Å². The molecule has 0 aromatic heterocycles. The van der Waals surface area contributed by atoms with Crippen molar-refractivity contribution in [2.24, 2.45) is 5.92 Å². The molecular formula is C12H14N2O5. The molecule has 2 rings (SSSR count). The number of hydrogen-bond donors (Lipinski definition) is 2. The SMILES string of the molecule is Cc1ccc([N+](=O)[O-])c(NC2COCC2C(=O)O)c1. The zero-order valence-corrected chi connectivity index (χ0v) is 10.3. The highest BCUT2D eigenvalue weighted by Gasteiger charge is 2.35. The van der Waals surface area contributed by atoms with Gasteiger partial charge in [-0.15, -0.1) is 0 Å². The van der Waals surface area contributed by atoms with Crippen molar-refractivity contribution < 1.29 is 19.6 Å². The third-order valence-corrected chi connectivity index (χ3v) is 3.09. The Morgan fingerprint density at radius 3 is 2.89 bits per heavy atom. The lowest BCUT2D eigenvalue weighted by molar-refractivity contribution is -0.384. The molecule has 1 heterocycles. The molecule has 19 heavy (non-hydrogen) atoms. The number of carboxylic acids is 1. The molecule has 0 spiro atoms. The number of nitrogens with zero attached hydrogens (tertiary/aromatic N) is 1. The van der Waals surface area contributed by atoms with E-state index in [2.05, 4.69) is 5.32 Å². The molecule has 2 N–H and O–H groups in total. The fourth-order valence-corrected chi connectivity index (χ4v) is 2.06. The lowest BCUT2D eigenvalue weighted by Gasteiger charge is -2.17. The molecule has 0 saturated carbocycles. The average Bonchev–Trinajstić information content (AvgIpc) is 2.76. The predicted octanol–water partition coefficient (Wildman–Crippen LogP) is 1.41. The van der Waals surface area contributed by atoms with Crippen LogP contribution in [0.3, 0.4) is 0 Å². The molecule has 1 aromatic carbocycles. The minimum atomic E-state index is -0.967. The van der Waals surface area contributed by atoms with Crippen molar-refractivity contribution in [2.45, 2.75) is 13.0 Å². The Kier molecular flexibility index (Phi) is 3.66. The molecule has 2 atom stereocenters. The van der Waals surface area contributed by atoms with Crippen LogP contribution in [0.5, 0.6) is 0 Å². The van der Waals surface area contributed by atoms with E-state index in [9.17, 15) is 14.9 Å². The molecule has 1 aliphatic heterocycles. The molecule has 1 fully saturated rings. The van der Waals surface area contributed by atoms with Crippen molar-refractivity contribution >= 4 is 17.3 Å². The highest BCUT2D eigenvalue weighted by molar-refractivity contribution is 5.73. The van der Waals surface area contributed by atoms with Crippen molar-refractivity contribution in [1.82, 2.24) is 0 Å². The third kappa shape index (κ3) is 2.82. The van der Waals surface area contributed by atoms with E-state index in [1.807, 2.05) is 6.92 Å². The van der Waals surface area contributed by atoms with Crippen molar-refractivity contribution in [1.29, 1.82) is 0 Å². The summed E-state index contributed by atoms with van der Waals surface area (Å²) in [6, 6.07) is 4.22. The van der Waals surface area contributed by atoms with Crippen LogP contribution in [-0.2, 0) is 9.53 Å². The van der Waals surface area contributed by atoms with Gasteiger partial charge in [0.1, 0.15) is 11.6 Å². The van der Waals surface area contributed by atoms with Gasteiger partial charge < -0.3 is 15.2 Å². The van der Waals surface area contributed by atoms with E-state index in [1.54, 1.807) is 12.1 Å². The molecule has 0 bridgehead atoms. The van der Waals surface area contributed by atoms with Gasteiger partial charge in [-0.05, 0) is 18.6 Å². The first-order valence-electron chi connectivity index (χ1n) is 5.81. The number of aliphatic carboxylic acids is 1. The van der Waals surface area contributed by atoms with Gasteiger partial charge in [-0.2, -0.15) is 0 Å². The van der Waals surface area contributed by atoms with Crippen LogP contribution in [0.25, 0.3) is 0 Å². The first kappa shape index (κ1) is 13.3. The van der Waals surface area contributed by atoms with Crippen molar-refractivity contribution in [3.8, 4) is 0 Å². The van der Waals surface area contributed by atoms with E-state index in [-0.39, 0.29) is 18.9 Å². The summed E-state index contributed by atoms with van der Waals surface area (Å²) in [7, 11) is 0. The zero-order valence-electron chi connectivity index (χ0n) is 10.3.